The van der Waals surface area contributed by atoms with Crippen molar-refractivity contribution in [3.05, 3.63) is 0 Å². The number of nitrogens with one attached hydrogen (secondary N) is 1. The fourth-order valence-electron chi connectivity index (χ4n) is 1.60. The summed E-state index contributed by atoms with van der Waals surface area (Å²) in [6, 6.07) is -0.509. The number of rotatable bonds is 5. The third-order valence-electron chi connectivity index (χ3n) is 2.46. The fraction of sp³-hybridized carbons (Fsp3) is 0.889. The highest BCUT2D eigenvalue weighted by atomic mass is 32.2. The van der Waals surface area contributed by atoms with Crippen LogP contribution in [0.1, 0.15) is 12.8 Å². The Bertz CT molecular complexity index is 236. The lowest BCUT2D eigenvalue weighted by Gasteiger charge is -2.25. The zero-order valence-corrected chi connectivity index (χ0v) is 9.59. The molecule has 1 aliphatic rings. The maximum absolute atomic E-state index is 11.1. The first-order valence-corrected chi connectivity index (χ1v) is 6.45. The molecule has 0 amide bonds. The number of methoxy groups -OCH3 is 1. The number of hydrogen-bond donors (Lipinski definition) is 2. The van der Waals surface area contributed by atoms with Crippen LogP contribution in [0.3, 0.4) is 0 Å². The summed E-state index contributed by atoms with van der Waals surface area (Å²) in [5.74, 6) is 0.428. The third-order valence-corrected chi connectivity index (χ3v) is 3.84. The van der Waals surface area contributed by atoms with Crippen LogP contribution in [0.4, 0.5) is 0 Å². The monoisotopic (exact) mass is 235 g/mol. The molecule has 0 radical (unpaired) electrons. The molecule has 1 unspecified atom stereocenters. The van der Waals surface area contributed by atoms with Gasteiger partial charge in [0.15, 0.2) is 0 Å². The Morgan fingerprint density at radius 2 is 2.20 bits per heavy atom. The van der Waals surface area contributed by atoms with Gasteiger partial charge in [-0.15, -0.1) is 0 Å². The largest absolute Gasteiger partial charge is 0.480 e. The van der Waals surface area contributed by atoms with Gasteiger partial charge in [-0.05, 0) is 12.8 Å². The van der Waals surface area contributed by atoms with Gasteiger partial charge in [-0.3, -0.25) is 14.3 Å². The minimum Gasteiger partial charge on any atom is -0.480 e. The minimum absolute atomic E-state index is 0.152. The molecule has 0 aromatic heterocycles. The normalized spacial score (nSPS) is 28.6. The Morgan fingerprint density at radius 3 is 2.67 bits per heavy atom. The van der Waals surface area contributed by atoms with Gasteiger partial charge in [-0.2, -0.15) is 0 Å². The summed E-state index contributed by atoms with van der Waals surface area (Å²) in [7, 11) is 0.771. The van der Waals surface area contributed by atoms with Crippen molar-refractivity contribution in [3.8, 4) is 0 Å². The quantitative estimate of drug-likeness (QED) is 0.677. The van der Waals surface area contributed by atoms with E-state index in [1.54, 1.807) is 0 Å². The predicted molar refractivity (Wildman–Crippen MR) is 57.3 cm³/mol. The van der Waals surface area contributed by atoms with Gasteiger partial charge in [0, 0.05) is 35.5 Å². The van der Waals surface area contributed by atoms with Gasteiger partial charge < -0.3 is 9.84 Å². The molecule has 5 nitrogen and oxygen atoms in total. The van der Waals surface area contributed by atoms with Gasteiger partial charge in [-0.25, -0.2) is 0 Å². The number of carboxylic acids is 1. The lowest BCUT2D eigenvalue weighted by atomic mass is 10.1. The van der Waals surface area contributed by atoms with E-state index in [1.807, 2.05) is 0 Å². The molecule has 0 spiro atoms. The molecule has 1 atom stereocenters. The Morgan fingerprint density at radius 1 is 1.60 bits per heavy atom. The lowest BCUT2D eigenvalue weighted by molar-refractivity contribution is -0.141. The van der Waals surface area contributed by atoms with E-state index in [2.05, 4.69) is 5.32 Å². The van der Waals surface area contributed by atoms with Crippen molar-refractivity contribution >= 4 is 16.8 Å². The SMILES string of the molecule is COCC(NC1CCS(=O)CC1)C(=O)O. The number of carbonyl (C=O) groups is 1. The standard InChI is InChI=1S/C9H17NO4S/c1-14-6-8(9(11)12)10-7-2-4-15(13)5-3-7/h7-8,10H,2-6H2,1H3,(H,11,12). The van der Waals surface area contributed by atoms with Crippen molar-refractivity contribution in [2.24, 2.45) is 0 Å². The highest BCUT2D eigenvalue weighted by Crippen LogP contribution is 2.10. The lowest BCUT2D eigenvalue weighted by Crippen LogP contribution is -2.48. The second kappa shape index (κ2) is 6.19. The summed E-state index contributed by atoms with van der Waals surface area (Å²) in [5.41, 5.74) is 0. The van der Waals surface area contributed by atoms with E-state index in [4.69, 9.17) is 9.84 Å². The average molecular weight is 235 g/mol. The van der Waals surface area contributed by atoms with Gasteiger partial charge in [0.05, 0.1) is 6.61 Å². The number of hydrogen-bond acceptors (Lipinski definition) is 4. The van der Waals surface area contributed by atoms with Crippen molar-refractivity contribution < 1.29 is 18.8 Å². The van der Waals surface area contributed by atoms with Gasteiger partial charge in [-0.1, -0.05) is 0 Å². The second-order valence-electron chi connectivity index (χ2n) is 3.64. The molecule has 0 aromatic carbocycles. The maximum atomic E-state index is 11.1. The van der Waals surface area contributed by atoms with Crippen molar-refractivity contribution in [1.29, 1.82) is 0 Å². The molecule has 15 heavy (non-hydrogen) atoms. The zero-order valence-electron chi connectivity index (χ0n) is 8.77. The number of ether oxygens (including phenoxy) is 1. The van der Waals surface area contributed by atoms with E-state index < -0.39 is 22.8 Å². The van der Waals surface area contributed by atoms with Crippen molar-refractivity contribution in [2.45, 2.75) is 24.9 Å². The first-order chi connectivity index (χ1) is 7.13. The van der Waals surface area contributed by atoms with Gasteiger partial charge >= 0.3 is 5.97 Å². The second-order valence-corrected chi connectivity index (χ2v) is 5.33. The Kier molecular flexibility index (Phi) is 5.21. The molecule has 2 N–H and O–H groups in total. The van der Waals surface area contributed by atoms with Crippen molar-refractivity contribution in [3.63, 3.8) is 0 Å². The first kappa shape index (κ1) is 12.6. The van der Waals surface area contributed by atoms with E-state index in [-0.39, 0.29) is 12.6 Å². The maximum Gasteiger partial charge on any atom is 0.323 e. The van der Waals surface area contributed by atoms with Crippen LogP contribution in [0, 0.1) is 0 Å². The minimum atomic E-state index is -0.899. The topological polar surface area (TPSA) is 75.6 Å². The summed E-state index contributed by atoms with van der Waals surface area (Å²) < 4.78 is 15.9. The van der Waals surface area contributed by atoms with E-state index in [9.17, 15) is 9.00 Å². The molecule has 1 fully saturated rings. The summed E-state index contributed by atoms with van der Waals surface area (Å²) >= 11 is 0. The highest BCUT2D eigenvalue weighted by Gasteiger charge is 2.24. The van der Waals surface area contributed by atoms with Gasteiger partial charge in [0.25, 0.3) is 0 Å². The van der Waals surface area contributed by atoms with Crippen LogP contribution in [-0.2, 0) is 20.3 Å². The highest BCUT2D eigenvalue weighted by molar-refractivity contribution is 7.85. The Labute approximate surface area is 91.6 Å². The summed E-state index contributed by atoms with van der Waals surface area (Å²) in [6.45, 7) is 0.162. The number of aliphatic carboxylic acids is 1. The molecule has 1 heterocycles. The van der Waals surface area contributed by atoms with Crippen molar-refractivity contribution in [1.82, 2.24) is 5.32 Å². The fourth-order valence-corrected chi connectivity index (χ4v) is 2.90. The summed E-state index contributed by atoms with van der Waals surface area (Å²) in [4.78, 5) is 10.8. The molecule has 1 saturated heterocycles. The smallest absolute Gasteiger partial charge is 0.323 e. The molecule has 0 aliphatic carbocycles. The Hall–Kier alpha value is -0.460. The van der Waals surface area contributed by atoms with Crippen LogP contribution < -0.4 is 5.32 Å². The molecule has 0 bridgehead atoms. The van der Waals surface area contributed by atoms with Crippen LogP contribution in [0.25, 0.3) is 0 Å². The van der Waals surface area contributed by atoms with Crippen LogP contribution in [-0.4, -0.2) is 52.6 Å². The van der Waals surface area contributed by atoms with E-state index in [0.717, 1.165) is 12.8 Å². The van der Waals surface area contributed by atoms with E-state index >= 15 is 0 Å². The van der Waals surface area contributed by atoms with Crippen LogP contribution in [0.5, 0.6) is 0 Å². The van der Waals surface area contributed by atoms with Crippen LogP contribution in [0.2, 0.25) is 0 Å². The van der Waals surface area contributed by atoms with Crippen molar-refractivity contribution in [2.75, 3.05) is 25.2 Å². The summed E-state index contributed by atoms with van der Waals surface area (Å²) in [5, 5.41) is 11.9. The van der Waals surface area contributed by atoms with Gasteiger partial charge in [0.2, 0.25) is 0 Å². The molecule has 88 valence electrons. The molecule has 0 aromatic rings. The van der Waals surface area contributed by atoms with Crippen LogP contribution in [0.15, 0.2) is 0 Å². The zero-order chi connectivity index (χ0) is 11.3. The Balaban J connectivity index is 2.37. The molecule has 6 heteroatoms. The van der Waals surface area contributed by atoms with E-state index in [1.165, 1.54) is 7.11 Å². The third kappa shape index (κ3) is 4.27. The number of carboxylic acid groups (broad SMARTS) is 1. The predicted octanol–water partition coefficient (Wildman–Crippen LogP) is -0.413. The van der Waals surface area contributed by atoms with E-state index in [0.29, 0.717) is 11.5 Å². The molecule has 0 saturated carbocycles. The molecule has 1 rings (SSSR count). The average Bonchev–Trinajstić information content (AvgIpc) is 2.20. The summed E-state index contributed by atoms with van der Waals surface area (Å²) in [6.07, 6.45) is 1.56. The molecule has 1 aliphatic heterocycles. The van der Waals surface area contributed by atoms with Crippen LogP contribution >= 0.6 is 0 Å². The molecular formula is C9H17NO4S. The van der Waals surface area contributed by atoms with Gasteiger partial charge in [0.1, 0.15) is 6.04 Å². The molecular weight excluding hydrogens is 218 g/mol. The first-order valence-electron chi connectivity index (χ1n) is 4.96.